The molecule has 0 rings (SSSR count). The Bertz CT molecular complexity index is 1220. The Morgan fingerprint density at radius 3 is 1.03 bits per heavy atom. The summed E-state index contributed by atoms with van der Waals surface area (Å²) in [6, 6.07) is -0.540. The molecule has 0 aliphatic rings. The second kappa shape index (κ2) is 67.8. The van der Waals surface area contributed by atoms with Crippen molar-refractivity contribution in [3.8, 4) is 0 Å². The van der Waals surface area contributed by atoms with Crippen LogP contribution in [0.15, 0.2) is 24.3 Å². The Kier molecular flexibility index (Phi) is 66.4. The highest BCUT2D eigenvalue weighted by Crippen LogP contribution is 2.19. The van der Waals surface area contributed by atoms with E-state index in [1.165, 1.54) is 315 Å². The Labute approximate surface area is 488 Å². The Hall–Kier alpha value is -1.66. The fourth-order valence-corrected chi connectivity index (χ4v) is 11.3. The third-order valence-corrected chi connectivity index (χ3v) is 16.7. The largest absolute Gasteiger partial charge is 0.466 e. The van der Waals surface area contributed by atoms with E-state index in [9.17, 15) is 19.8 Å². The molecule has 0 bridgehead atoms. The molecule has 6 heteroatoms. The molecular formula is C72H139NO5. The molecule has 0 aliphatic carbocycles. The van der Waals surface area contributed by atoms with Crippen molar-refractivity contribution in [2.24, 2.45) is 0 Å². The zero-order valence-electron chi connectivity index (χ0n) is 52.9. The van der Waals surface area contributed by atoms with E-state index >= 15 is 0 Å². The van der Waals surface area contributed by atoms with Crippen LogP contribution in [0.5, 0.6) is 0 Å². The van der Waals surface area contributed by atoms with Crippen LogP contribution in [-0.4, -0.2) is 47.4 Å². The van der Waals surface area contributed by atoms with Gasteiger partial charge in [-0.3, -0.25) is 9.59 Å². The number of ether oxygens (including phenoxy) is 1. The van der Waals surface area contributed by atoms with Crippen LogP contribution in [0.25, 0.3) is 0 Å². The van der Waals surface area contributed by atoms with E-state index in [1.54, 1.807) is 0 Å². The first kappa shape index (κ1) is 76.3. The number of esters is 1. The molecule has 0 aromatic rings. The maximum atomic E-state index is 12.5. The van der Waals surface area contributed by atoms with Gasteiger partial charge in [-0.05, 0) is 51.4 Å². The summed E-state index contributed by atoms with van der Waals surface area (Å²) in [5, 5.41) is 23.4. The fourth-order valence-electron chi connectivity index (χ4n) is 11.3. The minimum absolute atomic E-state index is 0.00341. The quantitative estimate of drug-likeness (QED) is 0.0320. The average Bonchev–Trinajstić information content (AvgIpc) is 3.44. The van der Waals surface area contributed by atoms with Crippen molar-refractivity contribution in [2.75, 3.05) is 13.2 Å². The number of aliphatic hydroxyl groups is 2. The monoisotopic (exact) mass is 1100 g/mol. The molecule has 0 heterocycles. The SMILES string of the molecule is CCC/C=C\C/C=C\CCCCCCCC(=O)OCCCCCCCCCCCCCCCCCCCCCCCCCCCCCC(=O)NC(CO)C(O)CCCCCCCCCCCCCCCCCCCCCCC. The lowest BCUT2D eigenvalue weighted by Gasteiger charge is -2.22. The van der Waals surface area contributed by atoms with Crippen LogP contribution >= 0.6 is 0 Å². The first-order valence-electron chi connectivity index (χ1n) is 35.6. The normalized spacial score (nSPS) is 12.6. The minimum atomic E-state index is -0.663. The third-order valence-electron chi connectivity index (χ3n) is 16.7. The van der Waals surface area contributed by atoms with Gasteiger partial charge in [-0.2, -0.15) is 0 Å². The van der Waals surface area contributed by atoms with Gasteiger partial charge in [0.2, 0.25) is 5.91 Å². The van der Waals surface area contributed by atoms with E-state index in [0.29, 0.717) is 25.9 Å². The van der Waals surface area contributed by atoms with Crippen molar-refractivity contribution in [3.05, 3.63) is 24.3 Å². The molecule has 2 atom stereocenters. The van der Waals surface area contributed by atoms with Crippen LogP contribution in [0.1, 0.15) is 399 Å². The summed E-state index contributed by atoms with van der Waals surface area (Å²) in [6.45, 7) is 4.92. The Balaban J connectivity index is 3.35. The molecule has 6 nitrogen and oxygen atoms in total. The first-order valence-corrected chi connectivity index (χ1v) is 35.6. The van der Waals surface area contributed by atoms with Gasteiger partial charge in [-0.1, -0.05) is 359 Å². The van der Waals surface area contributed by atoms with Crippen LogP contribution in [0, 0.1) is 0 Å². The maximum Gasteiger partial charge on any atom is 0.305 e. The highest BCUT2D eigenvalue weighted by atomic mass is 16.5. The molecule has 0 radical (unpaired) electrons. The van der Waals surface area contributed by atoms with Crippen LogP contribution in [-0.2, 0) is 14.3 Å². The molecule has 0 saturated heterocycles. The van der Waals surface area contributed by atoms with Crippen molar-refractivity contribution < 1.29 is 24.5 Å². The number of nitrogens with one attached hydrogen (secondary N) is 1. The maximum absolute atomic E-state index is 12.5. The number of unbranched alkanes of at least 4 members (excludes halogenated alkanes) is 52. The van der Waals surface area contributed by atoms with Crippen molar-refractivity contribution in [1.82, 2.24) is 5.32 Å². The fraction of sp³-hybridized carbons (Fsp3) is 0.917. The van der Waals surface area contributed by atoms with Gasteiger partial charge >= 0.3 is 5.97 Å². The molecule has 0 saturated carbocycles. The smallest absolute Gasteiger partial charge is 0.305 e. The van der Waals surface area contributed by atoms with Gasteiger partial charge < -0.3 is 20.3 Å². The van der Waals surface area contributed by atoms with Crippen LogP contribution in [0.2, 0.25) is 0 Å². The molecule has 0 spiro atoms. The van der Waals surface area contributed by atoms with Gasteiger partial charge in [0, 0.05) is 12.8 Å². The molecule has 0 aliphatic heterocycles. The standard InChI is InChI=1S/C72H139NO5/c1-3-5-7-9-11-13-15-17-18-19-20-28-31-34-37-41-44-48-52-56-60-64-70(75)69(68-74)73-71(76)65-61-57-53-49-45-42-38-35-32-29-26-24-22-21-23-25-27-30-33-36-39-43-47-51-55-59-63-67-78-72(77)66-62-58-54-50-46-40-16-14-12-10-8-6-4-2/h8,10,14,16,69-70,74-75H,3-7,9,11-13,15,17-68H2,1-2H3,(H,73,76)/b10-8-,16-14-. The number of hydrogen-bond donors (Lipinski definition) is 3. The number of amides is 1. The molecule has 78 heavy (non-hydrogen) atoms. The second-order valence-corrected chi connectivity index (χ2v) is 24.6. The molecule has 0 aromatic heterocycles. The van der Waals surface area contributed by atoms with E-state index in [1.807, 2.05) is 0 Å². The lowest BCUT2D eigenvalue weighted by Crippen LogP contribution is -2.45. The summed E-state index contributed by atoms with van der Waals surface area (Å²) >= 11 is 0. The molecule has 1 amide bonds. The summed E-state index contributed by atoms with van der Waals surface area (Å²) in [5.74, 6) is -0.0244. The highest BCUT2D eigenvalue weighted by Gasteiger charge is 2.20. The number of carbonyl (C=O) groups excluding carboxylic acids is 2. The summed E-state index contributed by atoms with van der Waals surface area (Å²) in [7, 11) is 0. The molecular weight excluding hydrogens is 959 g/mol. The molecule has 0 fully saturated rings. The number of rotatable bonds is 67. The molecule has 2 unspecified atom stereocenters. The number of allylic oxidation sites excluding steroid dienone is 4. The van der Waals surface area contributed by atoms with E-state index in [0.717, 1.165) is 51.4 Å². The topological polar surface area (TPSA) is 95.9 Å². The highest BCUT2D eigenvalue weighted by molar-refractivity contribution is 5.76. The van der Waals surface area contributed by atoms with E-state index in [4.69, 9.17) is 4.74 Å². The summed E-state index contributed by atoms with van der Waals surface area (Å²) < 4.78 is 5.48. The van der Waals surface area contributed by atoms with Crippen molar-refractivity contribution in [1.29, 1.82) is 0 Å². The average molecular weight is 1100 g/mol. The summed E-state index contributed by atoms with van der Waals surface area (Å²) in [5.41, 5.74) is 0. The van der Waals surface area contributed by atoms with Crippen LogP contribution in [0.4, 0.5) is 0 Å². The summed E-state index contributed by atoms with van der Waals surface area (Å²) in [6.07, 6.45) is 85.2. The number of aliphatic hydroxyl groups excluding tert-OH is 2. The second-order valence-electron chi connectivity index (χ2n) is 24.6. The molecule has 462 valence electrons. The number of hydrogen-bond acceptors (Lipinski definition) is 5. The van der Waals surface area contributed by atoms with E-state index < -0.39 is 12.1 Å². The zero-order chi connectivity index (χ0) is 56.4. The van der Waals surface area contributed by atoms with Gasteiger partial charge in [0.25, 0.3) is 0 Å². The van der Waals surface area contributed by atoms with Crippen LogP contribution < -0.4 is 5.32 Å². The van der Waals surface area contributed by atoms with Gasteiger partial charge in [-0.15, -0.1) is 0 Å². The van der Waals surface area contributed by atoms with Gasteiger partial charge in [0.15, 0.2) is 0 Å². The summed E-state index contributed by atoms with van der Waals surface area (Å²) in [4.78, 5) is 24.6. The predicted octanol–water partition coefficient (Wildman–Crippen LogP) is 22.9. The zero-order valence-corrected chi connectivity index (χ0v) is 52.9. The lowest BCUT2D eigenvalue weighted by molar-refractivity contribution is -0.143. The van der Waals surface area contributed by atoms with Gasteiger partial charge in [0.05, 0.1) is 25.4 Å². The molecule has 3 N–H and O–H groups in total. The van der Waals surface area contributed by atoms with Crippen molar-refractivity contribution in [3.63, 3.8) is 0 Å². The third kappa shape index (κ3) is 63.5. The van der Waals surface area contributed by atoms with E-state index in [-0.39, 0.29) is 18.5 Å². The van der Waals surface area contributed by atoms with Crippen molar-refractivity contribution in [2.45, 2.75) is 411 Å². The predicted molar refractivity (Wildman–Crippen MR) is 343 cm³/mol. The first-order chi connectivity index (χ1) is 38.5. The number of carbonyl (C=O) groups is 2. The van der Waals surface area contributed by atoms with Gasteiger partial charge in [0.1, 0.15) is 0 Å². The van der Waals surface area contributed by atoms with Crippen LogP contribution in [0.3, 0.4) is 0 Å². The minimum Gasteiger partial charge on any atom is -0.466 e. The van der Waals surface area contributed by atoms with Gasteiger partial charge in [-0.25, -0.2) is 0 Å². The van der Waals surface area contributed by atoms with Crippen molar-refractivity contribution >= 4 is 11.9 Å². The molecule has 0 aromatic carbocycles. The Morgan fingerprint density at radius 1 is 0.359 bits per heavy atom. The Morgan fingerprint density at radius 2 is 0.667 bits per heavy atom. The van der Waals surface area contributed by atoms with E-state index in [2.05, 4.69) is 43.5 Å². The lowest BCUT2D eigenvalue weighted by atomic mass is 10.0.